The molecular formula is C25H31N7O. The zero-order chi connectivity index (χ0) is 23.4. The summed E-state index contributed by atoms with van der Waals surface area (Å²) in [6, 6.07) is 4.23. The Morgan fingerprint density at radius 2 is 1.97 bits per heavy atom. The van der Waals surface area contributed by atoms with Gasteiger partial charge in [0.2, 0.25) is 5.91 Å². The normalized spacial score (nSPS) is 14.7. The molecule has 1 aliphatic heterocycles. The molecule has 0 spiro atoms. The maximum absolute atomic E-state index is 12.3. The molecule has 0 atom stereocenters. The summed E-state index contributed by atoms with van der Waals surface area (Å²) in [6.07, 6.45) is 3.65. The molecule has 1 fully saturated rings. The molecule has 1 amide bonds. The highest BCUT2D eigenvalue weighted by atomic mass is 16.2. The summed E-state index contributed by atoms with van der Waals surface area (Å²) in [5.74, 6) is 0.759. The van der Waals surface area contributed by atoms with Gasteiger partial charge in [0.05, 0.1) is 23.3 Å². The predicted octanol–water partition coefficient (Wildman–Crippen LogP) is 3.50. The maximum Gasteiger partial charge on any atom is 0.236 e. The number of nitrogens with one attached hydrogen (secondary N) is 1. The van der Waals surface area contributed by atoms with E-state index in [-0.39, 0.29) is 11.8 Å². The largest absolute Gasteiger partial charge is 0.353 e. The van der Waals surface area contributed by atoms with Gasteiger partial charge in [-0.3, -0.25) is 9.78 Å². The van der Waals surface area contributed by atoms with Crippen molar-refractivity contribution in [3.8, 4) is 11.3 Å². The van der Waals surface area contributed by atoms with E-state index < -0.39 is 0 Å². The lowest BCUT2D eigenvalue weighted by Gasteiger charge is -2.39. The maximum atomic E-state index is 12.3. The van der Waals surface area contributed by atoms with Gasteiger partial charge in [-0.2, -0.15) is 5.10 Å². The summed E-state index contributed by atoms with van der Waals surface area (Å²) >= 11 is 0. The first-order chi connectivity index (χ1) is 15.7. The van der Waals surface area contributed by atoms with E-state index in [1.807, 2.05) is 28.4 Å². The fourth-order valence-electron chi connectivity index (χ4n) is 4.80. The van der Waals surface area contributed by atoms with Gasteiger partial charge < -0.3 is 14.8 Å². The Hall–Kier alpha value is -3.26. The van der Waals surface area contributed by atoms with Crippen molar-refractivity contribution in [2.45, 2.75) is 39.5 Å². The fraction of sp³-hybridized carbons (Fsp3) is 0.440. The molecule has 1 saturated heterocycles. The van der Waals surface area contributed by atoms with Crippen molar-refractivity contribution in [3.63, 3.8) is 0 Å². The number of nitrogens with zero attached hydrogens (tertiary/aromatic N) is 6. The van der Waals surface area contributed by atoms with Crippen molar-refractivity contribution in [1.82, 2.24) is 34.4 Å². The molecule has 4 aromatic rings. The van der Waals surface area contributed by atoms with Crippen molar-refractivity contribution in [2.24, 2.45) is 0 Å². The lowest BCUT2D eigenvalue weighted by atomic mass is 9.93. The number of carbonyl (C=O) groups excluding carboxylic acids is 1. The molecule has 0 saturated carbocycles. The van der Waals surface area contributed by atoms with Crippen LogP contribution < -0.4 is 0 Å². The Bertz CT molecular complexity index is 1360. The highest BCUT2D eigenvalue weighted by Crippen LogP contribution is 2.38. The number of aromatic amines is 1. The first kappa shape index (κ1) is 21.6. The molecule has 0 unspecified atom stereocenters. The van der Waals surface area contributed by atoms with E-state index >= 15 is 0 Å². The molecule has 5 rings (SSSR count). The standard InChI is InChI=1S/C25H31N7O/c1-14(2)22-23(18-11-32-25(26-13-27-32)16(4)15(18)3)29-20-8-7-19(28-24(20)22)17-9-31(10-17)21(33)12-30(5)6/h7-8,11,13-14,17,29H,9-10,12H2,1-6H3. The molecule has 5 heterocycles. The molecule has 0 aromatic carbocycles. The average molecular weight is 446 g/mol. The van der Waals surface area contributed by atoms with Crippen molar-refractivity contribution in [3.05, 3.63) is 47.0 Å². The minimum Gasteiger partial charge on any atom is -0.353 e. The molecule has 4 aromatic heterocycles. The molecule has 0 radical (unpaired) electrons. The number of carbonyl (C=O) groups is 1. The molecule has 0 aliphatic carbocycles. The third kappa shape index (κ3) is 3.58. The van der Waals surface area contributed by atoms with Crippen LogP contribution in [-0.4, -0.2) is 74.0 Å². The third-order valence-electron chi connectivity index (χ3n) is 6.78. The van der Waals surface area contributed by atoms with E-state index in [0.29, 0.717) is 12.5 Å². The van der Waals surface area contributed by atoms with E-state index in [1.54, 1.807) is 6.33 Å². The molecule has 1 aliphatic rings. The summed E-state index contributed by atoms with van der Waals surface area (Å²) in [5.41, 5.74) is 9.76. The number of pyridine rings is 2. The molecule has 1 N–H and O–H groups in total. The molecule has 172 valence electrons. The number of aromatic nitrogens is 5. The van der Waals surface area contributed by atoms with Gasteiger partial charge in [0, 0.05) is 42.0 Å². The van der Waals surface area contributed by atoms with Crippen LogP contribution >= 0.6 is 0 Å². The number of likely N-dealkylation sites (N-methyl/N-ethyl adjacent to an activating group) is 1. The van der Waals surface area contributed by atoms with Crippen LogP contribution in [0.1, 0.15) is 48.1 Å². The molecule has 33 heavy (non-hydrogen) atoms. The number of aryl methyl sites for hydroxylation is 1. The Balaban J connectivity index is 1.53. The second kappa shape index (κ2) is 7.95. The van der Waals surface area contributed by atoms with E-state index in [9.17, 15) is 4.79 Å². The van der Waals surface area contributed by atoms with Gasteiger partial charge in [0.15, 0.2) is 5.65 Å². The first-order valence-electron chi connectivity index (χ1n) is 11.5. The monoisotopic (exact) mass is 445 g/mol. The molecule has 0 bridgehead atoms. The minimum absolute atomic E-state index is 0.179. The van der Waals surface area contributed by atoms with Gasteiger partial charge in [-0.25, -0.2) is 9.50 Å². The zero-order valence-corrected chi connectivity index (χ0v) is 20.2. The van der Waals surface area contributed by atoms with Crippen LogP contribution in [0, 0.1) is 13.8 Å². The summed E-state index contributed by atoms with van der Waals surface area (Å²) < 4.78 is 1.85. The molecule has 8 nitrogen and oxygen atoms in total. The lowest BCUT2D eigenvalue weighted by molar-refractivity contribution is -0.136. The van der Waals surface area contributed by atoms with Gasteiger partial charge in [0.1, 0.15) is 6.33 Å². The number of amides is 1. The van der Waals surface area contributed by atoms with Crippen molar-refractivity contribution in [2.75, 3.05) is 33.7 Å². The van der Waals surface area contributed by atoms with Crippen molar-refractivity contribution >= 4 is 22.6 Å². The van der Waals surface area contributed by atoms with Gasteiger partial charge in [0.25, 0.3) is 0 Å². The number of fused-ring (bicyclic) bond motifs is 2. The van der Waals surface area contributed by atoms with Gasteiger partial charge in [-0.1, -0.05) is 13.8 Å². The number of hydrogen-bond acceptors (Lipinski definition) is 5. The Morgan fingerprint density at radius 1 is 1.21 bits per heavy atom. The average Bonchev–Trinajstić information content (AvgIpc) is 3.33. The highest BCUT2D eigenvalue weighted by molar-refractivity contribution is 5.89. The second-order valence-corrected chi connectivity index (χ2v) is 9.76. The van der Waals surface area contributed by atoms with Gasteiger partial charge in [-0.05, 0) is 57.1 Å². The molecule has 8 heteroatoms. The van der Waals surface area contributed by atoms with E-state index in [1.165, 1.54) is 11.1 Å². The summed E-state index contributed by atoms with van der Waals surface area (Å²) in [6.45, 7) is 10.6. The quantitative estimate of drug-likeness (QED) is 0.508. The lowest BCUT2D eigenvalue weighted by Crippen LogP contribution is -2.51. The number of H-pyrrole nitrogens is 1. The smallest absolute Gasteiger partial charge is 0.236 e. The zero-order valence-electron chi connectivity index (χ0n) is 20.2. The topological polar surface area (TPSA) is 82.4 Å². The SMILES string of the molecule is Cc1c(-c2[nH]c3ccc(C4CN(C(=O)CN(C)C)C4)nc3c2C(C)C)cn2ncnc2c1C. The number of rotatable bonds is 5. The minimum atomic E-state index is 0.179. The van der Waals surface area contributed by atoms with Crippen LogP contribution in [0.3, 0.4) is 0 Å². The molecular weight excluding hydrogens is 414 g/mol. The van der Waals surface area contributed by atoms with E-state index in [0.717, 1.165) is 52.3 Å². The Morgan fingerprint density at radius 3 is 2.67 bits per heavy atom. The van der Waals surface area contributed by atoms with Crippen LogP contribution in [0.5, 0.6) is 0 Å². The van der Waals surface area contributed by atoms with Crippen molar-refractivity contribution in [1.29, 1.82) is 0 Å². The van der Waals surface area contributed by atoms with E-state index in [4.69, 9.17) is 4.98 Å². The van der Waals surface area contributed by atoms with Crippen LogP contribution in [0.4, 0.5) is 0 Å². The first-order valence-corrected chi connectivity index (χ1v) is 11.5. The van der Waals surface area contributed by atoms with Gasteiger partial charge in [-0.15, -0.1) is 0 Å². The summed E-state index contributed by atoms with van der Waals surface area (Å²) in [4.78, 5) is 29.3. The van der Waals surface area contributed by atoms with Crippen LogP contribution in [0.2, 0.25) is 0 Å². The number of hydrogen-bond donors (Lipinski definition) is 1. The van der Waals surface area contributed by atoms with Crippen LogP contribution in [0.25, 0.3) is 27.9 Å². The predicted molar refractivity (Wildman–Crippen MR) is 130 cm³/mol. The van der Waals surface area contributed by atoms with E-state index in [2.05, 4.69) is 61.1 Å². The fourth-order valence-corrected chi connectivity index (χ4v) is 4.80. The highest BCUT2D eigenvalue weighted by Gasteiger charge is 2.33. The van der Waals surface area contributed by atoms with Crippen LogP contribution in [-0.2, 0) is 4.79 Å². The third-order valence-corrected chi connectivity index (χ3v) is 6.78. The van der Waals surface area contributed by atoms with Gasteiger partial charge >= 0.3 is 0 Å². The Kier molecular flexibility index (Phi) is 5.20. The van der Waals surface area contributed by atoms with Crippen LogP contribution in [0.15, 0.2) is 24.7 Å². The summed E-state index contributed by atoms with van der Waals surface area (Å²) in [7, 11) is 3.84. The number of likely N-dealkylation sites (tertiary alicyclic amines) is 1. The second-order valence-electron chi connectivity index (χ2n) is 9.76. The van der Waals surface area contributed by atoms with Crippen molar-refractivity contribution < 1.29 is 4.79 Å². The Labute approximate surface area is 193 Å². The summed E-state index contributed by atoms with van der Waals surface area (Å²) in [5, 5.41) is 4.37.